The molecule has 3 atom stereocenters. The molecule has 0 spiro atoms. The lowest BCUT2D eigenvalue weighted by atomic mass is 10.1. The van der Waals surface area contributed by atoms with Gasteiger partial charge in [-0.3, -0.25) is 19.6 Å². The SMILES string of the molecule is COc1cc2c(cc1OCc1cn(O[C@H]3C[C@H]4C=Nc5ccccc5C(=O)N4C3)nn1)N=C[C@@H]1CCCN1C2=O. The lowest BCUT2D eigenvalue weighted by molar-refractivity contribution is 0.0173. The second kappa shape index (κ2) is 9.78. The van der Waals surface area contributed by atoms with Gasteiger partial charge in [-0.15, -0.1) is 5.10 Å². The summed E-state index contributed by atoms with van der Waals surface area (Å²) in [5.41, 5.74) is 2.86. The molecule has 2 aromatic carbocycles. The van der Waals surface area contributed by atoms with E-state index in [9.17, 15) is 9.59 Å². The number of hydrogen-bond acceptors (Lipinski definition) is 9. The maximum Gasteiger partial charge on any atom is 0.256 e. The number of rotatable bonds is 6. The highest BCUT2D eigenvalue weighted by atomic mass is 16.7. The number of ether oxygens (including phenoxy) is 2. The Hall–Kier alpha value is -4.74. The van der Waals surface area contributed by atoms with E-state index in [0.717, 1.165) is 19.4 Å². The van der Waals surface area contributed by atoms with Gasteiger partial charge in [0, 0.05) is 31.5 Å². The minimum atomic E-state index is -0.267. The van der Waals surface area contributed by atoms with Crippen LogP contribution in [0.5, 0.6) is 11.5 Å². The highest BCUT2D eigenvalue weighted by Crippen LogP contribution is 2.38. The molecule has 1 aromatic heterocycles. The minimum Gasteiger partial charge on any atom is -0.493 e. The number of aromatic nitrogens is 3. The van der Waals surface area contributed by atoms with Crippen LogP contribution in [0.15, 0.2) is 52.6 Å². The zero-order chi connectivity index (χ0) is 27.2. The molecule has 4 aliphatic heterocycles. The standard InChI is InChI=1S/C28H27N7O5/c1-38-25-10-22-24(30-12-18-5-4-8-33(18)28(22)37)11-26(25)39-16-17-14-35(32-31-17)40-20-9-19-13-29-23-7-3-2-6-21(23)27(36)34(19)15-20/h2-3,6-7,10-14,18-20H,4-5,8-9,15-16H2,1H3/t18-,19-,20-/m0/s1. The van der Waals surface area contributed by atoms with Gasteiger partial charge < -0.3 is 24.1 Å². The summed E-state index contributed by atoms with van der Waals surface area (Å²) in [6.07, 6.45) is 7.50. The van der Waals surface area contributed by atoms with Crippen molar-refractivity contribution in [1.82, 2.24) is 25.0 Å². The first-order valence-corrected chi connectivity index (χ1v) is 13.3. The zero-order valence-electron chi connectivity index (χ0n) is 21.8. The number of hydrogen-bond donors (Lipinski definition) is 0. The number of carbonyl (C=O) groups excluding carboxylic acids is 2. The topological polar surface area (TPSA) is 124 Å². The van der Waals surface area contributed by atoms with E-state index in [-0.39, 0.29) is 36.6 Å². The lowest BCUT2D eigenvalue weighted by Gasteiger charge is -2.20. The number of fused-ring (bicyclic) bond motifs is 4. The minimum absolute atomic E-state index is 0.0246. The Morgan fingerprint density at radius 3 is 2.67 bits per heavy atom. The highest BCUT2D eigenvalue weighted by molar-refractivity contribution is 6.04. The molecular weight excluding hydrogens is 514 g/mol. The number of amides is 2. The van der Waals surface area contributed by atoms with Crippen LogP contribution in [0.25, 0.3) is 0 Å². The van der Waals surface area contributed by atoms with E-state index < -0.39 is 0 Å². The van der Waals surface area contributed by atoms with Crippen LogP contribution in [0, 0.1) is 0 Å². The van der Waals surface area contributed by atoms with Crippen LogP contribution in [-0.4, -0.2) is 87.6 Å². The molecule has 40 heavy (non-hydrogen) atoms. The Bertz CT molecular complexity index is 1550. The predicted octanol–water partition coefficient (Wildman–Crippen LogP) is 2.61. The molecule has 5 heterocycles. The summed E-state index contributed by atoms with van der Waals surface area (Å²) in [6, 6.07) is 10.6. The first-order valence-electron chi connectivity index (χ1n) is 13.3. The average Bonchev–Trinajstić information content (AvgIpc) is 3.70. The fourth-order valence-electron chi connectivity index (χ4n) is 5.69. The van der Waals surface area contributed by atoms with Gasteiger partial charge in [0.15, 0.2) is 11.5 Å². The van der Waals surface area contributed by atoms with Gasteiger partial charge >= 0.3 is 0 Å². The first kappa shape index (κ1) is 24.3. The molecule has 3 aromatic rings. The third kappa shape index (κ3) is 4.25. The first-order chi connectivity index (χ1) is 19.6. The number of aliphatic imine (C=N–C) groups is 2. The molecule has 0 unspecified atom stereocenters. The van der Waals surface area contributed by atoms with Crippen LogP contribution in [-0.2, 0) is 6.61 Å². The van der Waals surface area contributed by atoms with Crippen LogP contribution >= 0.6 is 0 Å². The number of benzene rings is 2. The fraction of sp³-hybridized carbons (Fsp3) is 0.357. The summed E-state index contributed by atoms with van der Waals surface area (Å²) < 4.78 is 11.5. The molecule has 204 valence electrons. The van der Waals surface area contributed by atoms with Crippen LogP contribution in [0.1, 0.15) is 45.7 Å². The number of nitrogens with zero attached hydrogens (tertiary/aromatic N) is 7. The van der Waals surface area contributed by atoms with Crippen molar-refractivity contribution in [2.24, 2.45) is 9.98 Å². The summed E-state index contributed by atoms with van der Waals surface area (Å²) in [6.45, 7) is 1.25. The van der Waals surface area contributed by atoms with Crippen LogP contribution in [0.3, 0.4) is 0 Å². The Kier molecular flexibility index (Phi) is 5.94. The molecule has 0 saturated carbocycles. The molecule has 0 aliphatic carbocycles. The smallest absolute Gasteiger partial charge is 0.256 e. The molecule has 2 saturated heterocycles. The van der Waals surface area contributed by atoms with Crippen molar-refractivity contribution >= 4 is 35.6 Å². The van der Waals surface area contributed by atoms with Crippen LogP contribution < -0.4 is 14.3 Å². The maximum atomic E-state index is 13.1. The predicted molar refractivity (Wildman–Crippen MR) is 144 cm³/mol. The zero-order valence-corrected chi connectivity index (χ0v) is 21.8. The second-order valence-electron chi connectivity index (χ2n) is 10.2. The van der Waals surface area contributed by atoms with Gasteiger partial charge in [-0.05, 0) is 36.3 Å². The molecule has 12 heteroatoms. The van der Waals surface area contributed by atoms with Gasteiger partial charge in [0.05, 0.1) is 54.4 Å². The Balaban J connectivity index is 1.02. The maximum absolute atomic E-state index is 13.1. The average molecular weight is 542 g/mol. The largest absolute Gasteiger partial charge is 0.493 e. The molecule has 0 N–H and O–H groups in total. The monoisotopic (exact) mass is 541 g/mol. The van der Waals surface area contributed by atoms with Crippen molar-refractivity contribution in [3.8, 4) is 11.5 Å². The van der Waals surface area contributed by atoms with Crippen molar-refractivity contribution in [2.75, 3.05) is 20.2 Å². The number of carbonyl (C=O) groups is 2. The number of para-hydroxylation sites is 1. The Labute approximate surface area is 229 Å². The molecule has 0 bridgehead atoms. The van der Waals surface area contributed by atoms with Gasteiger partial charge in [-0.1, -0.05) is 17.0 Å². The molecule has 7 rings (SSSR count). The molecule has 12 nitrogen and oxygen atoms in total. The van der Waals surface area contributed by atoms with Gasteiger partial charge in [0.2, 0.25) is 0 Å². The van der Waals surface area contributed by atoms with E-state index in [2.05, 4.69) is 20.3 Å². The van der Waals surface area contributed by atoms with E-state index in [1.54, 1.807) is 29.3 Å². The Morgan fingerprint density at radius 2 is 1.77 bits per heavy atom. The normalized spacial score (nSPS) is 22.8. The molecule has 4 aliphatic rings. The molecule has 2 fully saturated rings. The van der Waals surface area contributed by atoms with Crippen LogP contribution in [0.4, 0.5) is 11.4 Å². The Morgan fingerprint density at radius 1 is 0.950 bits per heavy atom. The molecule has 0 radical (unpaired) electrons. The third-order valence-corrected chi connectivity index (χ3v) is 7.70. The lowest BCUT2D eigenvalue weighted by Crippen LogP contribution is -2.36. The van der Waals surface area contributed by atoms with Gasteiger partial charge in [0.25, 0.3) is 11.8 Å². The van der Waals surface area contributed by atoms with Gasteiger partial charge in [-0.25, -0.2) is 0 Å². The van der Waals surface area contributed by atoms with Crippen molar-refractivity contribution in [1.29, 1.82) is 0 Å². The fourth-order valence-corrected chi connectivity index (χ4v) is 5.69. The van der Waals surface area contributed by atoms with Crippen molar-refractivity contribution in [3.05, 3.63) is 59.4 Å². The summed E-state index contributed by atoms with van der Waals surface area (Å²) in [5, 5.41) is 8.23. The van der Waals surface area contributed by atoms with Crippen molar-refractivity contribution in [2.45, 2.75) is 44.1 Å². The van der Waals surface area contributed by atoms with E-state index in [4.69, 9.17) is 14.3 Å². The van der Waals surface area contributed by atoms with E-state index >= 15 is 0 Å². The van der Waals surface area contributed by atoms with E-state index in [1.165, 1.54) is 12.0 Å². The van der Waals surface area contributed by atoms with Gasteiger partial charge in [-0.2, -0.15) is 0 Å². The highest BCUT2D eigenvalue weighted by Gasteiger charge is 2.38. The molecular formula is C28H27N7O5. The second-order valence-corrected chi connectivity index (χ2v) is 10.2. The quantitative estimate of drug-likeness (QED) is 0.470. The van der Waals surface area contributed by atoms with Crippen molar-refractivity contribution < 1.29 is 23.9 Å². The van der Waals surface area contributed by atoms with E-state index in [0.29, 0.717) is 52.7 Å². The summed E-state index contributed by atoms with van der Waals surface area (Å²) >= 11 is 0. The van der Waals surface area contributed by atoms with E-state index in [1.807, 2.05) is 35.5 Å². The number of methoxy groups -OCH3 is 1. The summed E-state index contributed by atoms with van der Waals surface area (Å²) in [7, 11) is 1.53. The van der Waals surface area contributed by atoms with Crippen LogP contribution in [0.2, 0.25) is 0 Å². The third-order valence-electron chi connectivity index (χ3n) is 7.70. The molecule has 2 amide bonds. The van der Waals surface area contributed by atoms with Gasteiger partial charge in [0.1, 0.15) is 18.4 Å². The summed E-state index contributed by atoms with van der Waals surface area (Å²) in [5.74, 6) is 0.786. The van der Waals surface area contributed by atoms with Crippen molar-refractivity contribution in [3.63, 3.8) is 0 Å². The summed E-state index contributed by atoms with van der Waals surface area (Å²) in [4.78, 5) is 46.2.